The summed E-state index contributed by atoms with van der Waals surface area (Å²) < 4.78 is 2.73. The van der Waals surface area contributed by atoms with Gasteiger partial charge in [0, 0.05) is 26.2 Å². The van der Waals surface area contributed by atoms with Gasteiger partial charge in [-0.2, -0.15) is 0 Å². The molecule has 3 aromatic rings. The van der Waals surface area contributed by atoms with E-state index in [9.17, 15) is 14.7 Å². The van der Waals surface area contributed by atoms with Gasteiger partial charge < -0.3 is 10.4 Å². The highest BCUT2D eigenvalue weighted by Crippen LogP contribution is 2.64. The van der Waals surface area contributed by atoms with Gasteiger partial charge in [-0.05, 0) is 79.0 Å². The van der Waals surface area contributed by atoms with Crippen LogP contribution in [0.5, 0.6) is 5.75 Å². The van der Waals surface area contributed by atoms with Gasteiger partial charge in [-0.25, -0.2) is 0 Å². The number of nitrogens with zero attached hydrogens (tertiary/aromatic N) is 1. The summed E-state index contributed by atoms with van der Waals surface area (Å²) in [5, 5.41) is 13.8. The number of anilines is 1. The highest BCUT2D eigenvalue weighted by atomic mass is 79.9. The molecule has 5 nitrogen and oxygen atoms in total. The maximum atomic E-state index is 13.1. The molecular weight excluding hydrogens is 520 g/mol. The maximum Gasteiger partial charge on any atom is 0.308 e. The third-order valence-electron chi connectivity index (χ3n) is 7.37. The van der Waals surface area contributed by atoms with Crippen molar-refractivity contribution in [1.29, 1.82) is 0 Å². The third-order valence-corrected chi connectivity index (χ3v) is 10.7. The van der Waals surface area contributed by atoms with Gasteiger partial charge in [0.25, 0.3) is 0 Å². The molecule has 0 radical (unpaired) electrons. The lowest BCUT2D eigenvalue weighted by Crippen LogP contribution is -2.34. The van der Waals surface area contributed by atoms with Crippen molar-refractivity contribution in [2.24, 2.45) is 17.8 Å². The Bertz CT molecular complexity index is 1270. The molecule has 33 heavy (non-hydrogen) atoms. The van der Waals surface area contributed by atoms with E-state index >= 15 is 0 Å². The molecule has 2 aromatic carbocycles. The smallest absolute Gasteiger partial charge is 0.308 e. The average Bonchev–Trinajstić information content (AvgIpc) is 3.49. The number of phenolic OH excluding ortho intramolecular Hbond substituents is 1. The van der Waals surface area contributed by atoms with Crippen LogP contribution in [0.15, 0.2) is 62.8 Å². The summed E-state index contributed by atoms with van der Waals surface area (Å²) in [5.41, 5.74) is 1.87. The van der Waals surface area contributed by atoms with Crippen LogP contribution in [-0.2, 0) is 11.3 Å². The number of phenols is 1. The molecule has 2 aliphatic carbocycles. The number of thiazole rings is 1. The molecule has 8 heteroatoms. The van der Waals surface area contributed by atoms with E-state index in [1.807, 2.05) is 11.8 Å². The first kappa shape index (κ1) is 21.5. The van der Waals surface area contributed by atoms with E-state index < -0.39 is 0 Å². The zero-order chi connectivity index (χ0) is 22.7. The lowest BCUT2D eigenvalue weighted by molar-refractivity contribution is -0.116. The standard InChI is InChI=1S/C25H23BrN2O3S2/c26-16-5-3-13(4-6-16)20-21-14-1-2-15(11-14)22(21)32-24-23(20)33-25(31)28(24)12-19(30)27-17-7-9-18(29)10-8-17/h3-10,14-15,20-22,29H,1-2,11-12H2,(H,27,30). The highest BCUT2D eigenvalue weighted by molar-refractivity contribution is 9.10. The van der Waals surface area contributed by atoms with Crippen LogP contribution in [0.1, 0.15) is 35.6 Å². The van der Waals surface area contributed by atoms with Crippen LogP contribution in [-0.4, -0.2) is 20.8 Å². The molecule has 1 amide bonds. The molecule has 2 saturated carbocycles. The van der Waals surface area contributed by atoms with Crippen LogP contribution in [0.2, 0.25) is 0 Å². The summed E-state index contributed by atoms with van der Waals surface area (Å²) in [6.45, 7) is -0.00289. The number of hydrogen-bond donors (Lipinski definition) is 2. The lowest BCUT2D eigenvalue weighted by Gasteiger charge is -2.40. The summed E-state index contributed by atoms with van der Waals surface area (Å²) in [5.74, 6) is 2.10. The Morgan fingerprint density at radius 3 is 2.58 bits per heavy atom. The van der Waals surface area contributed by atoms with Crippen LogP contribution in [0.3, 0.4) is 0 Å². The van der Waals surface area contributed by atoms with Crippen LogP contribution < -0.4 is 10.2 Å². The van der Waals surface area contributed by atoms with Gasteiger partial charge in [0.1, 0.15) is 12.3 Å². The van der Waals surface area contributed by atoms with Gasteiger partial charge in [-0.1, -0.05) is 39.4 Å². The molecule has 2 fully saturated rings. The Morgan fingerprint density at radius 2 is 1.82 bits per heavy atom. The lowest BCUT2D eigenvalue weighted by atomic mass is 9.75. The fourth-order valence-corrected chi connectivity index (χ4v) is 9.43. The maximum absolute atomic E-state index is 13.1. The van der Waals surface area contributed by atoms with Crippen molar-refractivity contribution >= 4 is 50.6 Å². The summed E-state index contributed by atoms with van der Waals surface area (Å²) in [7, 11) is 0. The van der Waals surface area contributed by atoms with Crippen molar-refractivity contribution in [2.75, 3.05) is 5.32 Å². The molecule has 170 valence electrons. The van der Waals surface area contributed by atoms with Crippen molar-refractivity contribution in [3.8, 4) is 5.75 Å². The van der Waals surface area contributed by atoms with E-state index in [0.29, 0.717) is 22.8 Å². The van der Waals surface area contributed by atoms with Crippen molar-refractivity contribution in [3.63, 3.8) is 0 Å². The zero-order valence-electron chi connectivity index (χ0n) is 17.7. The van der Waals surface area contributed by atoms with E-state index in [2.05, 4.69) is 45.5 Å². The predicted molar refractivity (Wildman–Crippen MR) is 135 cm³/mol. The first-order valence-corrected chi connectivity index (χ1v) is 13.7. The van der Waals surface area contributed by atoms with Crippen molar-refractivity contribution in [2.45, 2.75) is 42.0 Å². The molecule has 1 aliphatic heterocycles. The van der Waals surface area contributed by atoms with E-state index in [1.165, 1.54) is 48.3 Å². The number of carbonyl (C=O) groups is 1. The molecule has 2 bridgehead atoms. The number of thioether (sulfide) groups is 1. The van der Waals surface area contributed by atoms with Gasteiger partial charge in [0.15, 0.2) is 0 Å². The van der Waals surface area contributed by atoms with E-state index in [1.54, 1.807) is 16.7 Å². The molecule has 5 unspecified atom stereocenters. The monoisotopic (exact) mass is 542 g/mol. The molecule has 2 N–H and O–H groups in total. The van der Waals surface area contributed by atoms with E-state index in [0.717, 1.165) is 20.3 Å². The summed E-state index contributed by atoms with van der Waals surface area (Å²) in [6.07, 6.45) is 3.85. The Labute approximate surface area is 208 Å². The quantitative estimate of drug-likeness (QED) is 0.416. The number of amides is 1. The van der Waals surface area contributed by atoms with Crippen LogP contribution in [0, 0.1) is 17.8 Å². The Balaban J connectivity index is 1.36. The van der Waals surface area contributed by atoms with Crippen molar-refractivity contribution in [1.82, 2.24) is 4.57 Å². The number of halogens is 1. The van der Waals surface area contributed by atoms with Crippen LogP contribution >= 0.6 is 39.0 Å². The zero-order valence-corrected chi connectivity index (χ0v) is 21.0. The first-order valence-electron chi connectivity index (χ1n) is 11.2. The number of nitrogens with one attached hydrogen (secondary N) is 1. The Hall–Kier alpha value is -2.03. The minimum atomic E-state index is -0.237. The molecule has 6 rings (SSSR count). The van der Waals surface area contributed by atoms with E-state index in [4.69, 9.17) is 0 Å². The molecule has 0 spiro atoms. The minimum Gasteiger partial charge on any atom is -0.508 e. The van der Waals surface area contributed by atoms with Gasteiger partial charge in [-0.15, -0.1) is 11.8 Å². The van der Waals surface area contributed by atoms with Gasteiger partial charge in [0.05, 0.1) is 5.03 Å². The van der Waals surface area contributed by atoms with Gasteiger partial charge in [0.2, 0.25) is 5.91 Å². The number of rotatable bonds is 4. The third kappa shape index (κ3) is 3.76. The molecule has 5 atom stereocenters. The number of carbonyl (C=O) groups excluding carboxylic acids is 1. The Morgan fingerprint density at radius 1 is 1.09 bits per heavy atom. The van der Waals surface area contributed by atoms with Gasteiger partial charge >= 0.3 is 4.87 Å². The second-order valence-corrected chi connectivity index (χ2v) is 12.3. The normalized spacial score (nSPS) is 27.2. The molecule has 1 aromatic heterocycles. The number of benzene rings is 2. The number of aromatic nitrogens is 1. The summed E-state index contributed by atoms with van der Waals surface area (Å²) in [4.78, 5) is 27.0. The number of hydrogen-bond acceptors (Lipinski definition) is 5. The summed E-state index contributed by atoms with van der Waals surface area (Å²) >= 11 is 6.70. The SMILES string of the molecule is O=C(Cn1c2c(sc1=O)C(c1ccc(Br)cc1)C1C3CCC(C3)C1S2)Nc1ccc(O)cc1. The van der Waals surface area contributed by atoms with Crippen molar-refractivity contribution < 1.29 is 9.90 Å². The molecule has 0 saturated heterocycles. The predicted octanol–water partition coefficient (Wildman–Crippen LogP) is 5.67. The molecule has 3 aliphatic rings. The largest absolute Gasteiger partial charge is 0.508 e. The second-order valence-electron chi connectivity index (χ2n) is 9.24. The first-order chi connectivity index (χ1) is 16.0. The topological polar surface area (TPSA) is 71.3 Å². The summed E-state index contributed by atoms with van der Waals surface area (Å²) in [6, 6.07) is 14.9. The fourth-order valence-electron chi connectivity index (χ4n) is 6.02. The van der Waals surface area contributed by atoms with E-state index in [-0.39, 0.29) is 29.0 Å². The number of fused-ring (bicyclic) bond motifs is 6. The minimum absolute atomic E-state index is 0.00289. The van der Waals surface area contributed by atoms with Gasteiger partial charge in [-0.3, -0.25) is 14.2 Å². The highest BCUT2D eigenvalue weighted by Gasteiger charge is 2.55. The van der Waals surface area contributed by atoms with Crippen molar-refractivity contribution in [3.05, 3.63) is 73.1 Å². The Kier molecular flexibility index (Phi) is 5.42. The van der Waals surface area contributed by atoms with Crippen LogP contribution in [0.25, 0.3) is 0 Å². The number of aromatic hydroxyl groups is 1. The average molecular weight is 544 g/mol. The molecule has 2 heterocycles. The molecular formula is C25H23BrN2O3S2. The fraction of sp³-hybridized carbons (Fsp3) is 0.360. The second kappa shape index (κ2) is 8.32. The van der Waals surface area contributed by atoms with Crippen LogP contribution in [0.4, 0.5) is 5.69 Å².